The zero-order chi connectivity index (χ0) is 16.4. The van der Waals surface area contributed by atoms with Crippen molar-refractivity contribution in [3.63, 3.8) is 0 Å². The van der Waals surface area contributed by atoms with Crippen molar-refractivity contribution in [2.24, 2.45) is 5.41 Å². The van der Waals surface area contributed by atoms with Gasteiger partial charge in [0.15, 0.2) is 0 Å². The maximum atomic E-state index is 12.1. The monoisotopic (exact) mass is 336 g/mol. The predicted octanol–water partition coefficient (Wildman–Crippen LogP) is 2.46. The van der Waals surface area contributed by atoms with Gasteiger partial charge in [0.05, 0.1) is 6.10 Å². The molecule has 0 bridgehead atoms. The van der Waals surface area contributed by atoms with Crippen molar-refractivity contribution in [2.45, 2.75) is 58.5 Å². The molecule has 3 rings (SSSR count). The first kappa shape index (κ1) is 16.4. The summed E-state index contributed by atoms with van der Waals surface area (Å²) >= 11 is 1.39. The smallest absolute Gasteiger partial charge is 0.275 e. The van der Waals surface area contributed by atoms with Gasteiger partial charge >= 0.3 is 0 Å². The van der Waals surface area contributed by atoms with Gasteiger partial charge < -0.3 is 10.4 Å². The summed E-state index contributed by atoms with van der Waals surface area (Å²) in [6.07, 6.45) is 5.59. The van der Waals surface area contributed by atoms with E-state index in [1.54, 1.807) is 6.07 Å². The number of aliphatic hydroxyl groups excluding tert-OH is 1. The number of hydrogen-bond donors (Lipinski definition) is 2. The first-order chi connectivity index (χ1) is 11.0. The molecule has 0 amide bonds. The molecule has 0 aromatic carbocycles. The Kier molecular flexibility index (Phi) is 4.68. The Hall–Kier alpha value is -1.47. The highest BCUT2D eigenvalue weighted by molar-refractivity contribution is 7.20. The third-order valence-electron chi connectivity index (χ3n) is 4.73. The minimum Gasteiger partial charge on any atom is -0.392 e. The second kappa shape index (κ2) is 6.57. The lowest BCUT2D eigenvalue weighted by Gasteiger charge is -2.38. The lowest BCUT2D eigenvalue weighted by Crippen LogP contribution is -2.41. The van der Waals surface area contributed by atoms with Crippen LogP contribution in [0.3, 0.4) is 0 Å². The van der Waals surface area contributed by atoms with Crippen molar-refractivity contribution >= 4 is 21.4 Å². The molecule has 6 nitrogen and oxygen atoms in total. The lowest BCUT2D eigenvalue weighted by atomic mass is 9.73. The maximum absolute atomic E-state index is 12.1. The number of aryl methyl sites for hydroxylation is 1. The van der Waals surface area contributed by atoms with Crippen LogP contribution < -0.4 is 10.9 Å². The predicted molar refractivity (Wildman–Crippen MR) is 92.2 cm³/mol. The van der Waals surface area contributed by atoms with Gasteiger partial charge in [0.25, 0.3) is 5.56 Å². The second-order valence-corrected chi connectivity index (χ2v) is 7.66. The van der Waals surface area contributed by atoms with Crippen LogP contribution in [0.4, 0.5) is 5.13 Å². The van der Waals surface area contributed by atoms with Crippen LogP contribution >= 0.6 is 11.3 Å². The summed E-state index contributed by atoms with van der Waals surface area (Å²) in [5.74, 6) is 0. The van der Waals surface area contributed by atoms with E-state index in [9.17, 15) is 9.90 Å². The normalized spacial score (nSPS) is 24.9. The Balaban J connectivity index is 1.78. The summed E-state index contributed by atoms with van der Waals surface area (Å²) in [5.41, 5.74) is 0.552. The molecule has 126 valence electrons. The highest BCUT2D eigenvalue weighted by Crippen LogP contribution is 2.36. The number of rotatable bonds is 5. The Bertz CT molecular complexity index is 741. The van der Waals surface area contributed by atoms with Crippen LogP contribution in [0.5, 0.6) is 0 Å². The maximum Gasteiger partial charge on any atom is 0.275 e. The molecule has 1 fully saturated rings. The number of nitrogens with zero attached hydrogens (tertiary/aromatic N) is 3. The van der Waals surface area contributed by atoms with E-state index in [1.165, 1.54) is 15.9 Å². The molecular formula is C16H24N4O2S. The molecule has 0 aliphatic heterocycles. The average molecular weight is 336 g/mol. The van der Waals surface area contributed by atoms with Gasteiger partial charge in [-0.1, -0.05) is 44.4 Å². The number of aromatic nitrogens is 3. The van der Waals surface area contributed by atoms with Gasteiger partial charge in [-0.25, -0.2) is 4.98 Å². The molecule has 2 atom stereocenters. The molecule has 2 unspecified atom stereocenters. The molecule has 23 heavy (non-hydrogen) atoms. The number of nitrogens with one attached hydrogen (secondary N) is 1. The Labute approximate surface area is 139 Å². The Morgan fingerprint density at radius 1 is 1.52 bits per heavy atom. The third kappa shape index (κ3) is 3.40. The molecule has 2 aromatic rings. The van der Waals surface area contributed by atoms with Crippen LogP contribution in [-0.4, -0.2) is 32.4 Å². The van der Waals surface area contributed by atoms with Gasteiger partial charge in [-0.05, 0) is 19.3 Å². The average Bonchev–Trinajstić information content (AvgIpc) is 2.93. The van der Waals surface area contributed by atoms with Crippen LogP contribution in [0.15, 0.2) is 10.9 Å². The fourth-order valence-corrected chi connectivity index (χ4v) is 4.00. The fraction of sp³-hybridized carbons (Fsp3) is 0.688. The van der Waals surface area contributed by atoms with E-state index in [1.807, 2.05) is 0 Å². The van der Waals surface area contributed by atoms with Crippen LogP contribution in [0.2, 0.25) is 0 Å². The van der Waals surface area contributed by atoms with Gasteiger partial charge in [-0.2, -0.15) is 4.52 Å². The molecule has 1 aliphatic carbocycles. The van der Waals surface area contributed by atoms with Crippen molar-refractivity contribution < 1.29 is 5.11 Å². The Morgan fingerprint density at radius 3 is 3.09 bits per heavy atom. The van der Waals surface area contributed by atoms with E-state index < -0.39 is 0 Å². The van der Waals surface area contributed by atoms with Gasteiger partial charge in [0.2, 0.25) is 10.1 Å². The van der Waals surface area contributed by atoms with Crippen LogP contribution in [0, 0.1) is 5.41 Å². The van der Waals surface area contributed by atoms with Gasteiger partial charge in [-0.3, -0.25) is 4.79 Å². The summed E-state index contributed by atoms with van der Waals surface area (Å²) in [5, 5.41) is 18.6. The topological polar surface area (TPSA) is 79.5 Å². The highest BCUT2D eigenvalue weighted by Gasteiger charge is 2.35. The van der Waals surface area contributed by atoms with Gasteiger partial charge in [-0.15, -0.1) is 5.10 Å². The van der Waals surface area contributed by atoms with E-state index in [0.29, 0.717) is 16.6 Å². The largest absolute Gasteiger partial charge is 0.392 e. The second-order valence-electron chi connectivity index (χ2n) is 6.71. The van der Waals surface area contributed by atoms with Crippen molar-refractivity contribution in [1.82, 2.24) is 14.6 Å². The molecule has 0 spiro atoms. The third-order valence-corrected chi connectivity index (χ3v) is 5.59. The van der Waals surface area contributed by atoms with E-state index >= 15 is 0 Å². The summed E-state index contributed by atoms with van der Waals surface area (Å²) < 4.78 is 1.35. The minimum atomic E-state index is -0.282. The van der Waals surface area contributed by atoms with E-state index in [2.05, 4.69) is 29.2 Å². The fourth-order valence-electron chi connectivity index (χ4n) is 3.18. The SMILES string of the molecule is CCCc1cc(=O)n2nc(NCC3(C)CCCCC3O)sc2n1. The summed E-state index contributed by atoms with van der Waals surface area (Å²) in [6.45, 7) is 4.84. The highest BCUT2D eigenvalue weighted by atomic mass is 32.1. The number of aliphatic hydroxyl groups is 1. The quantitative estimate of drug-likeness (QED) is 0.877. The molecule has 0 radical (unpaired) electrons. The molecular weight excluding hydrogens is 312 g/mol. The summed E-state index contributed by atoms with van der Waals surface area (Å²) in [6, 6.07) is 1.56. The molecule has 1 saturated carbocycles. The van der Waals surface area contributed by atoms with Crippen molar-refractivity contribution in [2.75, 3.05) is 11.9 Å². The van der Waals surface area contributed by atoms with Crippen molar-refractivity contribution in [1.29, 1.82) is 0 Å². The van der Waals surface area contributed by atoms with E-state index in [0.717, 1.165) is 44.2 Å². The molecule has 2 heterocycles. The van der Waals surface area contributed by atoms with E-state index in [4.69, 9.17) is 0 Å². The zero-order valence-electron chi connectivity index (χ0n) is 13.7. The van der Waals surface area contributed by atoms with E-state index in [-0.39, 0.29) is 17.1 Å². The standard InChI is InChI=1S/C16H24N4O2S/c1-3-6-11-9-13(22)20-15(18-11)23-14(19-20)17-10-16(2)8-5-4-7-12(16)21/h9,12,21H,3-8,10H2,1-2H3,(H,17,19). The molecule has 0 saturated heterocycles. The summed E-state index contributed by atoms with van der Waals surface area (Å²) in [4.78, 5) is 17.2. The van der Waals surface area contributed by atoms with Crippen molar-refractivity contribution in [3.8, 4) is 0 Å². The zero-order valence-corrected chi connectivity index (χ0v) is 14.5. The first-order valence-corrected chi connectivity index (χ1v) is 9.15. The van der Waals surface area contributed by atoms with Gasteiger partial charge in [0, 0.05) is 23.7 Å². The number of hydrogen-bond acceptors (Lipinski definition) is 6. The first-order valence-electron chi connectivity index (χ1n) is 8.33. The van der Waals surface area contributed by atoms with Crippen LogP contribution in [0.1, 0.15) is 51.6 Å². The minimum absolute atomic E-state index is 0.133. The lowest BCUT2D eigenvalue weighted by molar-refractivity contribution is 0.00962. The number of anilines is 1. The molecule has 2 aromatic heterocycles. The van der Waals surface area contributed by atoms with Gasteiger partial charge in [0.1, 0.15) is 0 Å². The molecule has 1 aliphatic rings. The van der Waals surface area contributed by atoms with Crippen LogP contribution in [-0.2, 0) is 6.42 Å². The molecule has 2 N–H and O–H groups in total. The van der Waals surface area contributed by atoms with Crippen LogP contribution in [0.25, 0.3) is 4.96 Å². The molecule has 7 heteroatoms. The Morgan fingerprint density at radius 2 is 2.35 bits per heavy atom. The van der Waals surface area contributed by atoms with Crippen molar-refractivity contribution in [3.05, 3.63) is 22.1 Å². The summed E-state index contributed by atoms with van der Waals surface area (Å²) in [7, 11) is 0. The number of fused-ring (bicyclic) bond motifs is 1.